The number of nitrogens with zero attached hydrogens (tertiary/aromatic N) is 1. The van der Waals surface area contributed by atoms with Gasteiger partial charge in [0.05, 0.1) is 6.20 Å². The molecule has 12 heavy (non-hydrogen) atoms. The van der Waals surface area contributed by atoms with Crippen molar-refractivity contribution in [2.75, 3.05) is 0 Å². The standard InChI is InChI=1S/C7H4N2O3/c10-4-6-8-3-5(9-6)1-2-7(11)12/h3-4H,(H,8,9)(H,11,12). The number of aliphatic carboxylic acids is 1. The number of nitrogens with one attached hydrogen (secondary N) is 1. The van der Waals surface area contributed by atoms with Gasteiger partial charge in [0.25, 0.3) is 0 Å². The Hall–Kier alpha value is -2.09. The molecular formula is C7H4N2O3. The number of carboxylic acid groups (broad SMARTS) is 1. The van der Waals surface area contributed by atoms with Crippen molar-refractivity contribution in [1.29, 1.82) is 0 Å². The smallest absolute Gasteiger partial charge is 0.382 e. The first kappa shape index (κ1) is 8.01. The van der Waals surface area contributed by atoms with E-state index < -0.39 is 5.97 Å². The summed E-state index contributed by atoms with van der Waals surface area (Å²) in [6, 6.07) is 0. The fraction of sp³-hybridized carbons (Fsp3) is 0. The van der Waals surface area contributed by atoms with E-state index in [0.717, 1.165) is 0 Å². The summed E-state index contributed by atoms with van der Waals surface area (Å²) in [6.45, 7) is 0. The third kappa shape index (κ3) is 1.95. The minimum Gasteiger partial charge on any atom is -0.472 e. The fourth-order valence-electron chi connectivity index (χ4n) is 0.581. The van der Waals surface area contributed by atoms with Crippen LogP contribution in [0.25, 0.3) is 0 Å². The number of hydrogen-bond donors (Lipinski definition) is 2. The molecule has 60 valence electrons. The second-order valence-electron chi connectivity index (χ2n) is 1.86. The van der Waals surface area contributed by atoms with E-state index >= 15 is 0 Å². The van der Waals surface area contributed by atoms with Crippen molar-refractivity contribution in [3.05, 3.63) is 17.7 Å². The van der Waals surface area contributed by atoms with Crippen molar-refractivity contribution >= 4 is 12.3 Å². The summed E-state index contributed by atoms with van der Waals surface area (Å²) < 4.78 is 0. The molecule has 1 aromatic rings. The van der Waals surface area contributed by atoms with E-state index in [2.05, 4.69) is 15.9 Å². The fourth-order valence-corrected chi connectivity index (χ4v) is 0.581. The Morgan fingerprint density at radius 1 is 1.75 bits per heavy atom. The number of carbonyl (C=O) groups excluding carboxylic acids is 1. The minimum absolute atomic E-state index is 0.129. The van der Waals surface area contributed by atoms with Gasteiger partial charge in [-0.15, -0.1) is 0 Å². The molecule has 0 aliphatic carbocycles. The molecule has 0 fully saturated rings. The van der Waals surface area contributed by atoms with Crippen LogP contribution in [0.2, 0.25) is 0 Å². The molecule has 0 saturated heterocycles. The van der Waals surface area contributed by atoms with Gasteiger partial charge >= 0.3 is 5.97 Å². The zero-order valence-corrected chi connectivity index (χ0v) is 5.87. The topological polar surface area (TPSA) is 83.1 Å². The lowest BCUT2D eigenvalue weighted by Gasteiger charge is -1.76. The molecule has 5 nitrogen and oxygen atoms in total. The van der Waals surface area contributed by atoms with Crippen LogP contribution >= 0.6 is 0 Å². The van der Waals surface area contributed by atoms with Crippen molar-refractivity contribution in [1.82, 2.24) is 9.97 Å². The largest absolute Gasteiger partial charge is 0.472 e. The summed E-state index contributed by atoms with van der Waals surface area (Å²) in [5, 5.41) is 8.16. The summed E-state index contributed by atoms with van der Waals surface area (Å²) in [6.07, 6.45) is 1.81. The van der Waals surface area contributed by atoms with Crippen LogP contribution in [0.5, 0.6) is 0 Å². The zero-order chi connectivity index (χ0) is 8.97. The second-order valence-corrected chi connectivity index (χ2v) is 1.86. The van der Waals surface area contributed by atoms with Gasteiger partial charge in [-0.3, -0.25) is 4.79 Å². The molecule has 1 aromatic heterocycles. The van der Waals surface area contributed by atoms with E-state index in [-0.39, 0.29) is 5.82 Å². The predicted molar refractivity (Wildman–Crippen MR) is 38.5 cm³/mol. The maximum Gasteiger partial charge on any atom is 0.382 e. The normalized spacial score (nSPS) is 8.33. The molecule has 1 heterocycles. The molecule has 0 aliphatic heterocycles. The molecule has 0 aliphatic rings. The van der Waals surface area contributed by atoms with Gasteiger partial charge in [0.15, 0.2) is 12.1 Å². The third-order valence-corrected chi connectivity index (χ3v) is 1.01. The maximum atomic E-state index is 10.1. The van der Waals surface area contributed by atoms with Crippen LogP contribution in [-0.4, -0.2) is 27.3 Å². The monoisotopic (exact) mass is 164 g/mol. The lowest BCUT2D eigenvalue weighted by Crippen LogP contribution is -1.87. The Bertz CT molecular complexity index is 369. The molecular weight excluding hydrogens is 160 g/mol. The maximum absolute atomic E-state index is 10.1. The first-order chi connectivity index (χ1) is 5.72. The first-order valence-corrected chi connectivity index (χ1v) is 2.97. The van der Waals surface area contributed by atoms with Crippen LogP contribution < -0.4 is 0 Å². The second kappa shape index (κ2) is 3.34. The number of hydrogen-bond acceptors (Lipinski definition) is 3. The van der Waals surface area contributed by atoms with Crippen molar-refractivity contribution in [2.45, 2.75) is 0 Å². The molecule has 0 atom stereocenters. The quantitative estimate of drug-likeness (QED) is 0.439. The number of aldehydes is 1. The van der Waals surface area contributed by atoms with Crippen LogP contribution in [0, 0.1) is 11.8 Å². The average molecular weight is 164 g/mol. The molecule has 1 rings (SSSR count). The number of carboxylic acids is 1. The van der Waals surface area contributed by atoms with Crippen LogP contribution in [0.3, 0.4) is 0 Å². The summed E-state index contributed by atoms with van der Waals surface area (Å²) in [5.41, 5.74) is 0.305. The van der Waals surface area contributed by atoms with Crippen molar-refractivity contribution in [2.24, 2.45) is 0 Å². The highest BCUT2D eigenvalue weighted by Crippen LogP contribution is 1.90. The van der Waals surface area contributed by atoms with Crippen LogP contribution in [-0.2, 0) is 4.79 Å². The van der Waals surface area contributed by atoms with Gasteiger partial charge in [0, 0.05) is 5.92 Å². The van der Waals surface area contributed by atoms with Crippen molar-refractivity contribution in [3.63, 3.8) is 0 Å². The van der Waals surface area contributed by atoms with Gasteiger partial charge in [-0.2, -0.15) is 0 Å². The van der Waals surface area contributed by atoms with Gasteiger partial charge in [-0.1, -0.05) is 0 Å². The van der Waals surface area contributed by atoms with Crippen LogP contribution in [0.1, 0.15) is 16.3 Å². The van der Waals surface area contributed by atoms with E-state index in [0.29, 0.717) is 12.0 Å². The average Bonchev–Trinajstić information content (AvgIpc) is 2.48. The number of rotatable bonds is 1. The number of carbonyl (C=O) groups is 2. The molecule has 0 saturated carbocycles. The van der Waals surface area contributed by atoms with E-state index in [1.54, 1.807) is 0 Å². The Balaban J connectivity index is 2.85. The van der Waals surface area contributed by atoms with Gasteiger partial charge in [0.2, 0.25) is 0 Å². The summed E-state index contributed by atoms with van der Waals surface area (Å²) in [7, 11) is 0. The van der Waals surface area contributed by atoms with E-state index in [1.165, 1.54) is 6.20 Å². The van der Waals surface area contributed by atoms with E-state index in [4.69, 9.17) is 5.11 Å². The Labute approximate surface area is 67.4 Å². The minimum atomic E-state index is -1.22. The highest BCUT2D eigenvalue weighted by atomic mass is 16.4. The van der Waals surface area contributed by atoms with E-state index in [1.807, 2.05) is 5.92 Å². The summed E-state index contributed by atoms with van der Waals surface area (Å²) in [4.78, 5) is 26.2. The summed E-state index contributed by atoms with van der Waals surface area (Å²) >= 11 is 0. The number of H-pyrrole nitrogens is 1. The number of aromatic amines is 1. The number of aromatic nitrogens is 2. The molecule has 0 amide bonds. The molecule has 0 bridgehead atoms. The molecule has 0 unspecified atom stereocenters. The van der Waals surface area contributed by atoms with Crippen molar-refractivity contribution < 1.29 is 14.7 Å². The third-order valence-electron chi connectivity index (χ3n) is 1.01. The van der Waals surface area contributed by atoms with Gasteiger partial charge in [0.1, 0.15) is 5.69 Å². The molecule has 5 heteroatoms. The molecule has 0 aromatic carbocycles. The highest BCUT2D eigenvalue weighted by molar-refractivity contribution is 5.87. The molecule has 2 N–H and O–H groups in total. The summed E-state index contributed by atoms with van der Waals surface area (Å²) in [5.74, 6) is 3.06. The van der Waals surface area contributed by atoms with Crippen molar-refractivity contribution in [3.8, 4) is 11.8 Å². The highest BCUT2D eigenvalue weighted by Gasteiger charge is 1.94. The SMILES string of the molecule is O=Cc1ncc(C#CC(=O)O)[nH]1. The molecule has 0 spiro atoms. The first-order valence-electron chi connectivity index (χ1n) is 2.97. The van der Waals surface area contributed by atoms with Gasteiger partial charge < -0.3 is 10.1 Å². The van der Waals surface area contributed by atoms with Gasteiger partial charge in [-0.05, 0) is 5.92 Å². The van der Waals surface area contributed by atoms with Gasteiger partial charge in [-0.25, -0.2) is 9.78 Å². The lowest BCUT2D eigenvalue weighted by molar-refractivity contribution is -0.130. The Kier molecular flexibility index (Phi) is 2.23. The number of imidazole rings is 1. The lowest BCUT2D eigenvalue weighted by atomic mass is 10.4. The predicted octanol–water partition coefficient (Wildman–Crippen LogP) is -0.342. The zero-order valence-electron chi connectivity index (χ0n) is 5.87. The van der Waals surface area contributed by atoms with Crippen LogP contribution in [0.4, 0.5) is 0 Å². The van der Waals surface area contributed by atoms with Crippen LogP contribution in [0.15, 0.2) is 6.20 Å². The molecule has 0 radical (unpaired) electrons. The van der Waals surface area contributed by atoms with E-state index in [9.17, 15) is 9.59 Å². The Morgan fingerprint density at radius 3 is 3.00 bits per heavy atom. The Morgan fingerprint density at radius 2 is 2.50 bits per heavy atom.